The van der Waals surface area contributed by atoms with E-state index < -0.39 is 11.9 Å². The number of aryl methyl sites for hydroxylation is 1. The molecule has 0 unspecified atom stereocenters. The molecule has 4 heteroatoms. The first-order valence-corrected chi connectivity index (χ1v) is 6.26. The molecular formula is C16H10O4-2. The molecule has 0 heterocycles. The van der Waals surface area contributed by atoms with E-state index >= 15 is 0 Å². The van der Waals surface area contributed by atoms with E-state index in [9.17, 15) is 19.8 Å². The van der Waals surface area contributed by atoms with Gasteiger partial charge in [-0.1, -0.05) is 36.4 Å². The summed E-state index contributed by atoms with van der Waals surface area (Å²) < 4.78 is 0. The molecule has 0 N–H and O–H groups in total. The average Bonchev–Trinajstić information content (AvgIpc) is 2.45. The molecule has 0 bridgehead atoms. The third kappa shape index (κ3) is 1.77. The molecule has 3 rings (SSSR count). The monoisotopic (exact) mass is 266 g/mol. The molecule has 0 atom stereocenters. The predicted molar refractivity (Wildman–Crippen MR) is 69.2 cm³/mol. The number of carboxylic acids is 2. The summed E-state index contributed by atoms with van der Waals surface area (Å²) in [6, 6.07) is 11.0. The van der Waals surface area contributed by atoms with Gasteiger partial charge in [0.25, 0.3) is 0 Å². The Kier molecular flexibility index (Phi) is 2.79. The molecule has 0 saturated carbocycles. The van der Waals surface area contributed by atoms with Gasteiger partial charge in [0.15, 0.2) is 0 Å². The number of carboxylic acid groups (broad SMARTS) is 2. The molecule has 0 aromatic heterocycles. The first-order chi connectivity index (χ1) is 9.59. The zero-order valence-corrected chi connectivity index (χ0v) is 10.5. The van der Waals surface area contributed by atoms with Crippen molar-refractivity contribution in [3.63, 3.8) is 0 Å². The minimum atomic E-state index is -1.47. The number of hydrogen-bond acceptors (Lipinski definition) is 4. The highest BCUT2D eigenvalue weighted by molar-refractivity contribution is 6.24. The predicted octanol–water partition coefficient (Wildman–Crippen LogP) is 0.0394. The van der Waals surface area contributed by atoms with Crippen LogP contribution in [0.5, 0.6) is 0 Å². The van der Waals surface area contributed by atoms with Crippen molar-refractivity contribution < 1.29 is 19.8 Å². The van der Waals surface area contributed by atoms with Gasteiger partial charge in [0.05, 0.1) is 11.9 Å². The van der Waals surface area contributed by atoms with Gasteiger partial charge in [-0.25, -0.2) is 0 Å². The Labute approximate surface area is 115 Å². The molecule has 20 heavy (non-hydrogen) atoms. The molecule has 0 saturated heterocycles. The van der Waals surface area contributed by atoms with Gasteiger partial charge in [-0.2, -0.15) is 0 Å². The van der Waals surface area contributed by atoms with Crippen LogP contribution in [0, 0.1) is 0 Å². The lowest BCUT2D eigenvalue weighted by atomic mass is 9.82. The van der Waals surface area contributed by atoms with Crippen LogP contribution < -0.4 is 10.2 Å². The molecule has 2 aromatic rings. The fraction of sp³-hybridized carbons (Fsp3) is 0.125. The van der Waals surface area contributed by atoms with Crippen molar-refractivity contribution in [1.82, 2.24) is 0 Å². The smallest absolute Gasteiger partial charge is 0.0725 e. The number of hydrogen-bond donors (Lipinski definition) is 0. The van der Waals surface area contributed by atoms with E-state index in [-0.39, 0.29) is 17.6 Å². The lowest BCUT2D eigenvalue weighted by molar-refractivity contribution is -0.302. The summed E-state index contributed by atoms with van der Waals surface area (Å²) in [6.07, 6.45) is 0.636. The van der Waals surface area contributed by atoms with Crippen LogP contribution in [0.1, 0.15) is 17.5 Å². The Bertz CT molecular complexity index is 771. The van der Waals surface area contributed by atoms with Crippen LogP contribution >= 0.6 is 0 Å². The van der Waals surface area contributed by atoms with Crippen molar-refractivity contribution in [2.24, 2.45) is 0 Å². The lowest BCUT2D eigenvalue weighted by Gasteiger charge is -2.26. The number of aliphatic carboxylic acids is 2. The van der Waals surface area contributed by atoms with Crippen molar-refractivity contribution in [1.29, 1.82) is 0 Å². The largest absolute Gasteiger partial charge is 0.545 e. The van der Waals surface area contributed by atoms with Crippen LogP contribution in [0.2, 0.25) is 0 Å². The number of fused-ring (bicyclic) bond motifs is 3. The first-order valence-electron chi connectivity index (χ1n) is 6.26. The molecule has 0 spiro atoms. The average molecular weight is 266 g/mol. The van der Waals surface area contributed by atoms with Crippen LogP contribution in [0.4, 0.5) is 0 Å². The summed E-state index contributed by atoms with van der Waals surface area (Å²) in [4.78, 5) is 22.6. The molecule has 4 nitrogen and oxygen atoms in total. The van der Waals surface area contributed by atoms with Crippen molar-refractivity contribution in [2.75, 3.05) is 0 Å². The molecule has 2 aromatic carbocycles. The Morgan fingerprint density at radius 3 is 2.35 bits per heavy atom. The summed E-state index contributed by atoms with van der Waals surface area (Å²) in [6.45, 7) is 0. The van der Waals surface area contributed by atoms with E-state index in [1.54, 1.807) is 12.1 Å². The van der Waals surface area contributed by atoms with Crippen LogP contribution in [0.3, 0.4) is 0 Å². The molecule has 1 aliphatic rings. The normalized spacial score (nSPS) is 14.2. The van der Waals surface area contributed by atoms with E-state index in [0.29, 0.717) is 12.0 Å². The summed E-state index contributed by atoms with van der Waals surface area (Å²) in [7, 11) is 0. The third-order valence-electron chi connectivity index (χ3n) is 3.66. The number of benzene rings is 2. The zero-order valence-electron chi connectivity index (χ0n) is 10.5. The SMILES string of the molecule is O=C([O-])C1=C(C(=O)[O-])c2c(ccc3ccccc23)CC1. The Morgan fingerprint density at radius 1 is 0.900 bits per heavy atom. The fourth-order valence-electron chi connectivity index (χ4n) is 2.79. The van der Waals surface area contributed by atoms with Crippen LogP contribution in [0.15, 0.2) is 42.0 Å². The van der Waals surface area contributed by atoms with Gasteiger partial charge < -0.3 is 19.8 Å². The quantitative estimate of drug-likeness (QED) is 0.768. The van der Waals surface area contributed by atoms with Crippen molar-refractivity contribution in [3.05, 3.63) is 53.1 Å². The Hall–Kier alpha value is -2.62. The van der Waals surface area contributed by atoms with Gasteiger partial charge >= 0.3 is 0 Å². The maximum absolute atomic E-state index is 11.4. The maximum atomic E-state index is 11.4. The van der Waals surface area contributed by atoms with Gasteiger partial charge in [0.1, 0.15) is 0 Å². The molecule has 0 radical (unpaired) electrons. The topological polar surface area (TPSA) is 80.3 Å². The van der Waals surface area contributed by atoms with E-state index in [4.69, 9.17) is 0 Å². The maximum Gasteiger partial charge on any atom is 0.0725 e. The number of carbonyl (C=O) groups excluding carboxylic acids is 2. The van der Waals surface area contributed by atoms with E-state index in [1.807, 2.05) is 24.3 Å². The second-order valence-corrected chi connectivity index (χ2v) is 4.75. The Morgan fingerprint density at radius 2 is 1.65 bits per heavy atom. The highest BCUT2D eigenvalue weighted by Crippen LogP contribution is 2.36. The number of rotatable bonds is 2. The molecule has 0 aliphatic heterocycles. The van der Waals surface area contributed by atoms with Gasteiger partial charge in [-0.15, -0.1) is 0 Å². The summed E-state index contributed by atoms with van der Waals surface area (Å²) >= 11 is 0. The van der Waals surface area contributed by atoms with Gasteiger partial charge in [0, 0.05) is 5.57 Å². The van der Waals surface area contributed by atoms with E-state index in [1.165, 1.54) is 0 Å². The van der Waals surface area contributed by atoms with Gasteiger partial charge in [-0.3, -0.25) is 0 Å². The second-order valence-electron chi connectivity index (χ2n) is 4.75. The van der Waals surface area contributed by atoms with Crippen molar-refractivity contribution >= 4 is 28.3 Å². The summed E-state index contributed by atoms with van der Waals surface area (Å²) in [5.41, 5.74) is 0.846. The van der Waals surface area contributed by atoms with Crippen LogP contribution in [-0.2, 0) is 16.0 Å². The third-order valence-corrected chi connectivity index (χ3v) is 3.66. The van der Waals surface area contributed by atoms with Crippen molar-refractivity contribution in [2.45, 2.75) is 12.8 Å². The minimum Gasteiger partial charge on any atom is -0.545 e. The van der Waals surface area contributed by atoms with Crippen molar-refractivity contribution in [3.8, 4) is 0 Å². The number of carbonyl (C=O) groups is 2. The van der Waals surface area contributed by atoms with Gasteiger partial charge in [0.2, 0.25) is 0 Å². The van der Waals surface area contributed by atoms with Gasteiger partial charge in [-0.05, 0) is 40.3 Å². The van der Waals surface area contributed by atoms with Crippen LogP contribution in [-0.4, -0.2) is 11.9 Å². The second kappa shape index (κ2) is 4.49. The summed E-state index contributed by atoms with van der Waals surface area (Å²) in [5.74, 6) is -2.91. The first kappa shape index (κ1) is 12.4. The van der Waals surface area contributed by atoms with E-state index in [0.717, 1.165) is 16.3 Å². The summed E-state index contributed by atoms with van der Waals surface area (Å²) in [5, 5.41) is 24.2. The highest BCUT2D eigenvalue weighted by atomic mass is 16.4. The Balaban J connectivity index is 2.43. The minimum absolute atomic E-state index is 0.150. The molecular weight excluding hydrogens is 256 g/mol. The fourth-order valence-corrected chi connectivity index (χ4v) is 2.79. The zero-order chi connectivity index (χ0) is 14.3. The molecule has 100 valence electrons. The highest BCUT2D eigenvalue weighted by Gasteiger charge is 2.22. The standard InChI is InChI=1S/C16H12O4/c17-15(18)12-8-7-10-6-5-9-3-1-2-4-11(9)13(10)14(12)16(19)20/h1-6H,7-8H2,(H,17,18)(H,19,20)/p-2. The molecule has 1 aliphatic carbocycles. The van der Waals surface area contributed by atoms with Crippen LogP contribution in [0.25, 0.3) is 16.3 Å². The molecule has 0 fully saturated rings. The lowest BCUT2D eigenvalue weighted by Crippen LogP contribution is -2.33. The molecule has 0 amide bonds. The van der Waals surface area contributed by atoms with E-state index in [2.05, 4.69) is 0 Å².